The quantitative estimate of drug-likeness (QED) is 0.640. The van der Waals surface area contributed by atoms with E-state index in [1.807, 2.05) is 0 Å². The third kappa shape index (κ3) is 1.64. The maximum absolute atomic E-state index is 12.4. The van der Waals surface area contributed by atoms with Crippen LogP contribution < -0.4 is 4.90 Å². The Balaban J connectivity index is 1.86. The Hall–Kier alpha value is -3.08. The minimum absolute atomic E-state index is 0.299. The molecule has 2 amide bonds. The first-order valence-electron chi connectivity index (χ1n) is 6.43. The molecule has 0 saturated carbocycles. The summed E-state index contributed by atoms with van der Waals surface area (Å²) in [6.45, 7) is 0. The van der Waals surface area contributed by atoms with Crippen LogP contribution in [-0.2, 0) is 0 Å². The summed E-state index contributed by atoms with van der Waals surface area (Å²) in [5.74, 6) is -0.599. The van der Waals surface area contributed by atoms with E-state index in [1.54, 1.807) is 48.7 Å². The van der Waals surface area contributed by atoms with Gasteiger partial charge in [-0.25, -0.2) is 14.9 Å². The Kier molecular flexibility index (Phi) is 2.35. The van der Waals surface area contributed by atoms with Crippen molar-refractivity contribution in [3.63, 3.8) is 0 Å². The van der Waals surface area contributed by atoms with Crippen molar-refractivity contribution in [2.24, 2.45) is 0 Å². The Morgan fingerprint density at radius 2 is 1.62 bits per heavy atom. The highest BCUT2D eigenvalue weighted by Crippen LogP contribution is 2.29. The van der Waals surface area contributed by atoms with E-state index in [-0.39, 0.29) is 11.8 Å². The molecular weight excluding hydrogens is 266 g/mol. The van der Waals surface area contributed by atoms with E-state index in [0.29, 0.717) is 16.8 Å². The van der Waals surface area contributed by atoms with E-state index < -0.39 is 0 Å². The third-order valence-corrected chi connectivity index (χ3v) is 3.54. The number of amides is 2. The topological polar surface area (TPSA) is 63.2 Å². The molecule has 0 unspecified atom stereocenters. The molecule has 5 heteroatoms. The lowest BCUT2D eigenvalue weighted by Gasteiger charge is -2.14. The number of carbonyl (C=O) groups excluding carboxylic acids is 2. The van der Waals surface area contributed by atoms with Crippen LogP contribution in [0.15, 0.2) is 55.0 Å². The van der Waals surface area contributed by atoms with Crippen LogP contribution in [0, 0.1) is 0 Å². The average Bonchev–Trinajstić information content (AvgIpc) is 2.79. The lowest BCUT2D eigenvalue weighted by Crippen LogP contribution is -2.29. The highest BCUT2D eigenvalue weighted by atomic mass is 16.2. The third-order valence-electron chi connectivity index (χ3n) is 3.54. The van der Waals surface area contributed by atoms with Crippen molar-refractivity contribution < 1.29 is 9.59 Å². The van der Waals surface area contributed by atoms with Gasteiger partial charge in [-0.3, -0.25) is 9.59 Å². The molecule has 0 atom stereocenters. The maximum atomic E-state index is 12.4. The SMILES string of the molecule is O=C1c2ccccc2C(=O)N1c1ccc2ncncc2c1. The molecule has 21 heavy (non-hydrogen) atoms. The Bertz CT molecular complexity index is 870. The van der Waals surface area contributed by atoms with Crippen molar-refractivity contribution in [1.29, 1.82) is 0 Å². The predicted octanol–water partition coefficient (Wildman–Crippen LogP) is 2.43. The van der Waals surface area contributed by atoms with Gasteiger partial charge in [0.1, 0.15) is 6.33 Å². The van der Waals surface area contributed by atoms with E-state index in [0.717, 1.165) is 10.9 Å². The molecule has 0 bridgehead atoms. The molecule has 1 aliphatic heterocycles. The second kappa shape index (κ2) is 4.21. The number of carbonyl (C=O) groups is 2. The molecule has 0 saturated heterocycles. The van der Waals surface area contributed by atoms with E-state index in [9.17, 15) is 9.59 Å². The number of imide groups is 1. The molecule has 0 fully saturated rings. The van der Waals surface area contributed by atoms with E-state index in [4.69, 9.17) is 0 Å². The number of rotatable bonds is 1. The fourth-order valence-corrected chi connectivity index (χ4v) is 2.53. The van der Waals surface area contributed by atoms with Crippen LogP contribution in [0.4, 0.5) is 5.69 Å². The van der Waals surface area contributed by atoms with Crippen molar-refractivity contribution in [3.05, 3.63) is 66.1 Å². The van der Waals surface area contributed by atoms with Gasteiger partial charge in [-0.1, -0.05) is 12.1 Å². The zero-order valence-electron chi connectivity index (χ0n) is 10.9. The first-order valence-corrected chi connectivity index (χ1v) is 6.43. The van der Waals surface area contributed by atoms with E-state index in [1.165, 1.54) is 11.2 Å². The second-order valence-electron chi connectivity index (χ2n) is 4.76. The number of hydrogen-bond donors (Lipinski definition) is 0. The lowest BCUT2D eigenvalue weighted by atomic mass is 10.1. The van der Waals surface area contributed by atoms with Crippen LogP contribution in [0.3, 0.4) is 0 Å². The minimum atomic E-state index is -0.299. The number of nitrogens with zero attached hydrogens (tertiary/aromatic N) is 3. The van der Waals surface area contributed by atoms with Gasteiger partial charge in [-0.05, 0) is 30.3 Å². The minimum Gasteiger partial charge on any atom is -0.268 e. The molecule has 0 spiro atoms. The molecule has 100 valence electrons. The van der Waals surface area contributed by atoms with E-state index >= 15 is 0 Å². The van der Waals surface area contributed by atoms with Crippen molar-refractivity contribution in [3.8, 4) is 0 Å². The van der Waals surface area contributed by atoms with E-state index in [2.05, 4.69) is 9.97 Å². The first-order chi connectivity index (χ1) is 10.3. The molecular formula is C16H9N3O2. The van der Waals surface area contributed by atoms with Gasteiger partial charge in [-0.15, -0.1) is 0 Å². The van der Waals surface area contributed by atoms with Crippen LogP contribution in [0.25, 0.3) is 10.9 Å². The van der Waals surface area contributed by atoms with Crippen LogP contribution in [-0.4, -0.2) is 21.8 Å². The van der Waals surface area contributed by atoms with Crippen LogP contribution in [0.2, 0.25) is 0 Å². The molecule has 2 aromatic carbocycles. The zero-order chi connectivity index (χ0) is 14.4. The van der Waals surface area contributed by atoms with Crippen LogP contribution in [0.5, 0.6) is 0 Å². The van der Waals surface area contributed by atoms with Gasteiger partial charge in [0.2, 0.25) is 0 Å². The lowest BCUT2D eigenvalue weighted by molar-refractivity contribution is 0.0926. The van der Waals surface area contributed by atoms with Crippen LogP contribution >= 0.6 is 0 Å². The molecule has 3 aromatic rings. The highest BCUT2D eigenvalue weighted by molar-refractivity contribution is 6.34. The maximum Gasteiger partial charge on any atom is 0.266 e. The van der Waals surface area contributed by atoms with Gasteiger partial charge < -0.3 is 0 Å². The molecule has 1 aromatic heterocycles. The highest BCUT2D eigenvalue weighted by Gasteiger charge is 2.36. The molecule has 0 N–H and O–H groups in total. The summed E-state index contributed by atoms with van der Waals surface area (Å²) in [5.41, 5.74) is 2.17. The van der Waals surface area contributed by atoms with Gasteiger partial charge in [0.15, 0.2) is 0 Å². The first kappa shape index (κ1) is 11.7. The molecule has 1 aliphatic rings. The summed E-state index contributed by atoms with van der Waals surface area (Å²) in [4.78, 5) is 34.1. The predicted molar refractivity (Wildman–Crippen MR) is 77.1 cm³/mol. The molecule has 2 heterocycles. The van der Waals surface area contributed by atoms with Gasteiger partial charge in [0.25, 0.3) is 11.8 Å². The summed E-state index contributed by atoms with van der Waals surface area (Å²) < 4.78 is 0. The number of benzene rings is 2. The average molecular weight is 275 g/mol. The smallest absolute Gasteiger partial charge is 0.266 e. The fraction of sp³-hybridized carbons (Fsp3) is 0. The molecule has 0 radical (unpaired) electrons. The summed E-state index contributed by atoms with van der Waals surface area (Å²) in [7, 11) is 0. The van der Waals surface area contributed by atoms with Crippen molar-refractivity contribution in [2.75, 3.05) is 4.90 Å². The summed E-state index contributed by atoms with van der Waals surface area (Å²) in [6.07, 6.45) is 3.12. The molecule has 5 nitrogen and oxygen atoms in total. The largest absolute Gasteiger partial charge is 0.268 e. The number of aromatic nitrogens is 2. The summed E-state index contributed by atoms with van der Waals surface area (Å²) >= 11 is 0. The Labute approximate surface area is 119 Å². The van der Waals surface area contributed by atoms with Crippen molar-refractivity contribution in [1.82, 2.24) is 9.97 Å². The number of anilines is 1. The Morgan fingerprint density at radius 1 is 0.905 bits per heavy atom. The van der Waals surface area contributed by atoms with Gasteiger partial charge in [0, 0.05) is 11.6 Å². The van der Waals surface area contributed by atoms with Gasteiger partial charge >= 0.3 is 0 Å². The summed E-state index contributed by atoms with van der Waals surface area (Å²) in [6, 6.07) is 12.1. The molecule has 4 rings (SSSR count). The molecule has 0 aliphatic carbocycles. The second-order valence-corrected chi connectivity index (χ2v) is 4.76. The van der Waals surface area contributed by atoms with Gasteiger partial charge in [0.05, 0.1) is 22.3 Å². The monoisotopic (exact) mass is 275 g/mol. The standard InChI is InChI=1S/C16H9N3O2/c20-15-12-3-1-2-4-13(12)16(21)19(15)11-5-6-14-10(7-11)8-17-9-18-14/h1-9H. The van der Waals surface area contributed by atoms with Crippen molar-refractivity contribution >= 4 is 28.4 Å². The van der Waals surface area contributed by atoms with Gasteiger partial charge in [-0.2, -0.15) is 0 Å². The van der Waals surface area contributed by atoms with Crippen LogP contribution in [0.1, 0.15) is 20.7 Å². The Morgan fingerprint density at radius 3 is 2.33 bits per heavy atom. The normalized spacial score (nSPS) is 13.8. The zero-order valence-corrected chi connectivity index (χ0v) is 10.9. The fourth-order valence-electron chi connectivity index (χ4n) is 2.53. The number of hydrogen-bond acceptors (Lipinski definition) is 4. The number of fused-ring (bicyclic) bond motifs is 2. The van der Waals surface area contributed by atoms with Crippen molar-refractivity contribution in [2.45, 2.75) is 0 Å². The summed E-state index contributed by atoms with van der Waals surface area (Å²) in [5, 5.41) is 0.784.